The van der Waals surface area contributed by atoms with Crippen LogP contribution in [0.25, 0.3) is 21.1 Å². The van der Waals surface area contributed by atoms with Crippen LogP contribution < -0.4 is 0 Å². The first-order valence-corrected chi connectivity index (χ1v) is 8.96. The summed E-state index contributed by atoms with van der Waals surface area (Å²) in [4.78, 5) is 23.5. The predicted octanol–water partition coefficient (Wildman–Crippen LogP) is 4.77. The zero-order valence-electron chi connectivity index (χ0n) is 13.4. The first kappa shape index (κ1) is 16.0. The molecule has 0 aliphatic heterocycles. The molecule has 0 unspecified atom stereocenters. The number of thiazole rings is 1. The van der Waals surface area contributed by atoms with Crippen LogP contribution in [-0.4, -0.2) is 27.8 Å². The maximum Gasteiger partial charge on any atom is 0.256 e. The Hall–Kier alpha value is -2.50. The molecule has 2 aromatic carbocycles. The van der Waals surface area contributed by atoms with Crippen LogP contribution in [-0.2, 0) is 6.54 Å². The van der Waals surface area contributed by atoms with Gasteiger partial charge in [0, 0.05) is 18.6 Å². The molecule has 0 saturated heterocycles. The summed E-state index contributed by atoms with van der Waals surface area (Å²) in [6.45, 7) is 0.454. The highest BCUT2D eigenvalue weighted by atomic mass is 35.5. The molecule has 0 aliphatic carbocycles. The Kier molecular flexibility index (Phi) is 4.11. The van der Waals surface area contributed by atoms with Gasteiger partial charge in [-0.1, -0.05) is 23.7 Å². The van der Waals surface area contributed by atoms with Gasteiger partial charge >= 0.3 is 0 Å². The molecule has 0 bridgehead atoms. The van der Waals surface area contributed by atoms with Crippen molar-refractivity contribution in [2.45, 2.75) is 6.54 Å². The van der Waals surface area contributed by atoms with E-state index in [-0.39, 0.29) is 5.91 Å². The third kappa shape index (κ3) is 2.97. The number of fused-ring (bicyclic) bond motifs is 2. The first-order valence-electron chi connectivity index (χ1n) is 7.76. The highest BCUT2D eigenvalue weighted by Gasteiger charge is 2.18. The lowest BCUT2D eigenvalue weighted by atomic mass is 10.1. The number of aromatic nitrogens is 2. The maximum absolute atomic E-state index is 12.9. The maximum atomic E-state index is 12.9. The SMILES string of the molecule is CN(Cc1nc2ccccc2s1)C(=O)c1ccc(Cl)c2cccnc12. The van der Waals surface area contributed by atoms with Crippen molar-refractivity contribution in [2.24, 2.45) is 0 Å². The highest BCUT2D eigenvalue weighted by molar-refractivity contribution is 7.18. The zero-order valence-corrected chi connectivity index (χ0v) is 15.0. The molecule has 0 radical (unpaired) electrons. The minimum Gasteiger partial charge on any atom is -0.335 e. The molecule has 4 rings (SSSR count). The van der Waals surface area contributed by atoms with Crippen molar-refractivity contribution in [2.75, 3.05) is 7.05 Å². The van der Waals surface area contributed by atoms with E-state index in [4.69, 9.17) is 11.6 Å². The van der Waals surface area contributed by atoms with Crippen molar-refractivity contribution in [3.8, 4) is 0 Å². The smallest absolute Gasteiger partial charge is 0.256 e. The van der Waals surface area contributed by atoms with Gasteiger partial charge in [-0.05, 0) is 36.4 Å². The molecule has 2 heterocycles. The second-order valence-electron chi connectivity index (χ2n) is 5.73. The Morgan fingerprint density at radius 1 is 1.16 bits per heavy atom. The van der Waals surface area contributed by atoms with E-state index in [9.17, 15) is 4.79 Å². The third-order valence-corrected chi connectivity index (χ3v) is 5.35. The van der Waals surface area contributed by atoms with Gasteiger partial charge in [0.05, 0.1) is 32.9 Å². The molecule has 0 atom stereocenters. The number of para-hydroxylation sites is 1. The predicted molar refractivity (Wildman–Crippen MR) is 102 cm³/mol. The van der Waals surface area contributed by atoms with Gasteiger partial charge in [0.1, 0.15) is 5.01 Å². The van der Waals surface area contributed by atoms with Gasteiger partial charge in [0.25, 0.3) is 5.91 Å². The summed E-state index contributed by atoms with van der Waals surface area (Å²) in [5, 5.41) is 2.28. The normalized spacial score (nSPS) is 11.1. The van der Waals surface area contributed by atoms with Crippen LogP contribution in [0.4, 0.5) is 0 Å². The molecule has 4 aromatic rings. The fourth-order valence-electron chi connectivity index (χ4n) is 2.78. The molecule has 0 aliphatic rings. The summed E-state index contributed by atoms with van der Waals surface area (Å²) >= 11 is 7.82. The molecular weight excluding hydrogens is 354 g/mol. The molecule has 25 heavy (non-hydrogen) atoms. The van der Waals surface area contributed by atoms with Gasteiger partial charge in [-0.25, -0.2) is 4.98 Å². The minimum absolute atomic E-state index is 0.0976. The van der Waals surface area contributed by atoms with Crippen molar-refractivity contribution in [3.63, 3.8) is 0 Å². The molecule has 124 valence electrons. The lowest BCUT2D eigenvalue weighted by molar-refractivity contribution is 0.0787. The molecule has 0 N–H and O–H groups in total. The van der Waals surface area contributed by atoms with Crippen molar-refractivity contribution in [3.05, 3.63) is 70.3 Å². The third-order valence-electron chi connectivity index (χ3n) is 4.00. The van der Waals surface area contributed by atoms with E-state index in [2.05, 4.69) is 9.97 Å². The minimum atomic E-state index is -0.0976. The molecule has 0 spiro atoms. The Balaban J connectivity index is 1.65. The fraction of sp³-hybridized carbons (Fsp3) is 0.105. The number of carbonyl (C=O) groups is 1. The highest BCUT2D eigenvalue weighted by Crippen LogP contribution is 2.27. The Bertz CT molecular complexity index is 1060. The first-order chi connectivity index (χ1) is 12.1. The summed E-state index contributed by atoms with van der Waals surface area (Å²) in [7, 11) is 1.78. The summed E-state index contributed by atoms with van der Waals surface area (Å²) in [5.41, 5.74) is 2.13. The van der Waals surface area contributed by atoms with E-state index in [1.807, 2.05) is 36.4 Å². The van der Waals surface area contributed by atoms with Crippen LogP contribution in [0.1, 0.15) is 15.4 Å². The number of nitrogens with zero attached hydrogens (tertiary/aromatic N) is 3. The Morgan fingerprint density at radius 3 is 2.84 bits per heavy atom. The van der Waals surface area contributed by atoms with Gasteiger partial charge in [-0.15, -0.1) is 11.3 Å². The molecule has 6 heteroatoms. The fourth-order valence-corrected chi connectivity index (χ4v) is 4.01. The number of hydrogen-bond donors (Lipinski definition) is 0. The summed E-state index contributed by atoms with van der Waals surface area (Å²) in [6.07, 6.45) is 1.67. The summed E-state index contributed by atoms with van der Waals surface area (Å²) in [5.74, 6) is -0.0976. The van der Waals surface area contributed by atoms with E-state index in [0.717, 1.165) is 20.6 Å². The quantitative estimate of drug-likeness (QED) is 0.524. The van der Waals surface area contributed by atoms with E-state index >= 15 is 0 Å². The van der Waals surface area contributed by atoms with Crippen molar-refractivity contribution < 1.29 is 4.79 Å². The van der Waals surface area contributed by atoms with Crippen molar-refractivity contribution in [1.29, 1.82) is 0 Å². The van der Waals surface area contributed by atoms with Gasteiger partial charge < -0.3 is 4.90 Å². The van der Waals surface area contributed by atoms with Crippen LogP contribution in [0, 0.1) is 0 Å². The molecule has 0 fully saturated rings. The molecular formula is C19H14ClN3OS. The summed E-state index contributed by atoms with van der Waals surface area (Å²) in [6, 6.07) is 15.1. The average molecular weight is 368 g/mol. The van der Waals surface area contributed by atoms with Crippen LogP contribution >= 0.6 is 22.9 Å². The monoisotopic (exact) mass is 367 g/mol. The Morgan fingerprint density at radius 2 is 2.00 bits per heavy atom. The topological polar surface area (TPSA) is 46.1 Å². The van der Waals surface area contributed by atoms with Gasteiger partial charge in [0.15, 0.2) is 0 Å². The van der Waals surface area contributed by atoms with Crippen molar-refractivity contribution in [1.82, 2.24) is 14.9 Å². The van der Waals surface area contributed by atoms with E-state index in [1.54, 1.807) is 41.6 Å². The van der Waals surface area contributed by atoms with Crippen molar-refractivity contribution >= 4 is 50.0 Å². The number of amides is 1. The van der Waals surface area contributed by atoms with Crippen LogP contribution in [0.5, 0.6) is 0 Å². The number of rotatable bonds is 3. The Labute approximate surface area is 153 Å². The van der Waals surface area contributed by atoms with Crippen LogP contribution in [0.2, 0.25) is 5.02 Å². The second-order valence-corrected chi connectivity index (χ2v) is 7.25. The number of hydrogen-bond acceptors (Lipinski definition) is 4. The van der Waals surface area contributed by atoms with E-state index in [1.165, 1.54) is 0 Å². The van der Waals surface area contributed by atoms with Gasteiger partial charge in [0.2, 0.25) is 0 Å². The second kappa shape index (κ2) is 6.43. The average Bonchev–Trinajstić information content (AvgIpc) is 3.04. The molecule has 4 nitrogen and oxygen atoms in total. The molecule has 1 amide bonds. The molecule has 2 aromatic heterocycles. The number of halogens is 1. The summed E-state index contributed by atoms with van der Waals surface area (Å²) < 4.78 is 1.12. The van der Waals surface area contributed by atoms with Crippen LogP contribution in [0.15, 0.2) is 54.7 Å². The van der Waals surface area contributed by atoms with Gasteiger partial charge in [-0.2, -0.15) is 0 Å². The number of pyridine rings is 1. The van der Waals surface area contributed by atoms with Gasteiger partial charge in [-0.3, -0.25) is 9.78 Å². The lowest BCUT2D eigenvalue weighted by Crippen LogP contribution is -2.26. The molecule has 0 saturated carbocycles. The largest absolute Gasteiger partial charge is 0.335 e. The number of carbonyl (C=O) groups excluding carboxylic acids is 1. The van der Waals surface area contributed by atoms with E-state index in [0.29, 0.717) is 22.6 Å². The van der Waals surface area contributed by atoms with E-state index < -0.39 is 0 Å². The standard InChI is InChI=1S/C19H14ClN3OS/c1-23(11-17-22-15-6-2-3-7-16(15)25-17)19(24)13-8-9-14(20)12-5-4-10-21-18(12)13/h2-10H,11H2,1H3. The zero-order chi connectivity index (χ0) is 17.4. The lowest BCUT2D eigenvalue weighted by Gasteiger charge is -2.16. The van der Waals surface area contributed by atoms with Crippen LogP contribution in [0.3, 0.4) is 0 Å². The number of benzene rings is 2.